The van der Waals surface area contributed by atoms with Crippen molar-refractivity contribution in [1.29, 1.82) is 0 Å². The summed E-state index contributed by atoms with van der Waals surface area (Å²) in [6, 6.07) is -0.142. The number of nitrogens with two attached hydrogens (primary N) is 2. The average molecular weight is 264 g/mol. The summed E-state index contributed by atoms with van der Waals surface area (Å²) in [4.78, 5) is 0. The minimum Gasteiger partial charge on any atom is -0.374 e. The Morgan fingerprint density at radius 1 is 0.941 bits per heavy atom. The van der Waals surface area contributed by atoms with E-state index in [1.54, 1.807) is 0 Å². The molecule has 0 amide bonds. The van der Waals surface area contributed by atoms with Gasteiger partial charge in [0.25, 0.3) is 0 Å². The van der Waals surface area contributed by atoms with E-state index in [9.17, 15) is 0 Å². The minimum absolute atomic E-state index is 0.0624. The van der Waals surface area contributed by atoms with Crippen molar-refractivity contribution < 1.29 is 13.3 Å². The Kier molecular flexibility index (Phi) is 9.02. The fourth-order valence-corrected chi connectivity index (χ4v) is 5.29. The second-order valence-corrected chi connectivity index (χ2v) is 6.63. The number of hydrogen-bond acceptors (Lipinski definition) is 5. The number of hydrogen-bond donors (Lipinski definition) is 2. The first-order valence-corrected chi connectivity index (χ1v) is 8.29. The van der Waals surface area contributed by atoms with Crippen molar-refractivity contribution in [3.8, 4) is 0 Å². The van der Waals surface area contributed by atoms with Crippen LogP contribution >= 0.6 is 0 Å². The molecule has 0 fully saturated rings. The molecule has 0 radical (unpaired) electrons. The molecule has 0 rings (SSSR count). The molecule has 0 aromatic heterocycles. The Hall–Kier alpha value is 0.0169. The van der Waals surface area contributed by atoms with Gasteiger partial charge >= 0.3 is 8.80 Å². The summed E-state index contributed by atoms with van der Waals surface area (Å²) in [6.07, 6.45) is 0.852. The smallest absolute Gasteiger partial charge is 0.374 e. The molecule has 0 aliphatic rings. The van der Waals surface area contributed by atoms with E-state index in [0.29, 0.717) is 26.4 Å². The largest absolute Gasteiger partial charge is 0.505 e. The van der Waals surface area contributed by atoms with Gasteiger partial charge in [0, 0.05) is 37.9 Å². The van der Waals surface area contributed by atoms with Crippen LogP contribution in [0.5, 0.6) is 0 Å². The van der Waals surface area contributed by atoms with Gasteiger partial charge in [0.1, 0.15) is 0 Å². The highest BCUT2D eigenvalue weighted by molar-refractivity contribution is 6.62. The monoisotopic (exact) mass is 264 g/mol. The van der Waals surface area contributed by atoms with E-state index < -0.39 is 8.80 Å². The molecule has 0 aliphatic carbocycles. The third-order valence-corrected chi connectivity index (χ3v) is 6.54. The first kappa shape index (κ1) is 17.0. The van der Waals surface area contributed by atoms with Crippen molar-refractivity contribution in [2.45, 2.75) is 45.7 Å². The predicted molar refractivity (Wildman–Crippen MR) is 71.7 cm³/mol. The van der Waals surface area contributed by atoms with E-state index in [4.69, 9.17) is 24.7 Å². The topological polar surface area (TPSA) is 79.7 Å². The second-order valence-electron chi connectivity index (χ2n) is 3.82. The summed E-state index contributed by atoms with van der Waals surface area (Å²) in [5.41, 5.74) is 11.8. The summed E-state index contributed by atoms with van der Waals surface area (Å²) < 4.78 is 17.5. The van der Waals surface area contributed by atoms with E-state index in [2.05, 4.69) is 6.92 Å². The van der Waals surface area contributed by atoms with Gasteiger partial charge in [0.2, 0.25) is 0 Å². The predicted octanol–water partition coefficient (Wildman–Crippen LogP) is 1.10. The molecule has 0 heterocycles. The van der Waals surface area contributed by atoms with Gasteiger partial charge in [-0.3, -0.25) is 0 Å². The SMILES string of the molecule is CCO[Si](OCC)(OCC)C(CC)C(N)CN. The molecule has 4 N–H and O–H groups in total. The molecule has 0 aromatic rings. The van der Waals surface area contributed by atoms with Gasteiger partial charge in [-0.05, 0) is 27.2 Å². The Balaban J connectivity index is 5.03. The zero-order valence-electron chi connectivity index (χ0n) is 11.6. The lowest BCUT2D eigenvalue weighted by Gasteiger charge is -2.37. The maximum absolute atomic E-state index is 6.07. The molecule has 0 saturated heterocycles. The minimum atomic E-state index is -2.71. The lowest BCUT2D eigenvalue weighted by Crippen LogP contribution is -2.56. The van der Waals surface area contributed by atoms with Crippen molar-refractivity contribution in [2.75, 3.05) is 26.4 Å². The highest BCUT2D eigenvalue weighted by atomic mass is 28.4. The summed E-state index contributed by atoms with van der Waals surface area (Å²) in [5, 5.41) is 0. The maximum atomic E-state index is 6.07. The Labute approximate surface area is 106 Å². The van der Waals surface area contributed by atoms with E-state index in [1.807, 2.05) is 20.8 Å². The number of rotatable bonds is 10. The lowest BCUT2D eigenvalue weighted by atomic mass is 10.2. The van der Waals surface area contributed by atoms with Crippen molar-refractivity contribution >= 4 is 8.80 Å². The molecular formula is C11H28N2O3Si. The van der Waals surface area contributed by atoms with E-state index in [0.717, 1.165) is 6.42 Å². The van der Waals surface area contributed by atoms with Crippen LogP contribution < -0.4 is 11.5 Å². The van der Waals surface area contributed by atoms with Crippen molar-refractivity contribution in [1.82, 2.24) is 0 Å². The molecule has 2 unspecified atom stereocenters. The Morgan fingerprint density at radius 2 is 1.35 bits per heavy atom. The molecule has 0 spiro atoms. The van der Waals surface area contributed by atoms with Crippen LogP contribution in [0.25, 0.3) is 0 Å². The molecule has 0 saturated carbocycles. The quantitative estimate of drug-likeness (QED) is 0.578. The molecule has 104 valence electrons. The van der Waals surface area contributed by atoms with E-state index in [-0.39, 0.29) is 11.6 Å². The van der Waals surface area contributed by atoms with Crippen LogP contribution in [0.15, 0.2) is 0 Å². The summed E-state index contributed by atoms with van der Waals surface area (Å²) in [6.45, 7) is 10.0. The molecule has 2 atom stereocenters. The van der Waals surface area contributed by atoms with E-state index in [1.165, 1.54) is 0 Å². The van der Waals surface area contributed by atoms with E-state index >= 15 is 0 Å². The standard InChI is InChI=1S/C11H28N2O3Si/c1-5-11(10(13)9-12)17(14-6-2,15-7-3)16-8-4/h10-11H,5-9,12-13H2,1-4H3. The van der Waals surface area contributed by atoms with Gasteiger partial charge < -0.3 is 24.7 Å². The van der Waals surface area contributed by atoms with Crippen LogP contribution in [0.4, 0.5) is 0 Å². The van der Waals surface area contributed by atoms with Crippen molar-refractivity contribution in [3.05, 3.63) is 0 Å². The van der Waals surface area contributed by atoms with Gasteiger partial charge in [0.05, 0.1) is 0 Å². The van der Waals surface area contributed by atoms with Crippen LogP contribution in [0.1, 0.15) is 34.1 Å². The normalized spacial score (nSPS) is 15.9. The fraction of sp³-hybridized carbons (Fsp3) is 1.00. The van der Waals surface area contributed by atoms with Crippen LogP contribution in [0.3, 0.4) is 0 Å². The third kappa shape index (κ3) is 4.65. The summed E-state index contributed by atoms with van der Waals surface area (Å²) >= 11 is 0. The zero-order chi connectivity index (χ0) is 13.3. The molecule has 6 heteroatoms. The van der Waals surface area contributed by atoms with Gasteiger partial charge in [-0.25, -0.2) is 0 Å². The Bertz CT molecular complexity index is 179. The van der Waals surface area contributed by atoms with Crippen LogP contribution in [-0.4, -0.2) is 41.2 Å². The molecule has 17 heavy (non-hydrogen) atoms. The highest BCUT2D eigenvalue weighted by Crippen LogP contribution is 2.31. The van der Waals surface area contributed by atoms with Crippen LogP contribution in [0.2, 0.25) is 5.54 Å². The fourth-order valence-electron chi connectivity index (χ4n) is 2.03. The second kappa shape index (κ2) is 9.01. The van der Waals surface area contributed by atoms with Crippen molar-refractivity contribution in [3.63, 3.8) is 0 Å². The molecular weight excluding hydrogens is 236 g/mol. The zero-order valence-corrected chi connectivity index (χ0v) is 12.6. The first-order chi connectivity index (χ1) is 8.11. The van der Waals surface area contributed by atoms with Gasteiger partial charge in [-0.15, -0.1) is 0 Å². The van der Waals surface area contributed by atoms with Crippen LogP contribution in [-0.2, 0) is 13.3 Å². The summed E-state index contributed by atoms with van der Waals surface area (Å²) in [7, 11) is -2.71. The molecule has 0 bridgehead atoms. The maximum Gasteiger partial charge on any atom is 0.505 e. The van der Waals surface area contributed by atoms with Gasteiger partial charge in [-0.1, -0.05) is 6.92 Å². The summed E-state index contributed by atoms with van der Waals surface area (Å²) in [5.74, 6) is 0. The third-order valence-electron chi connectivity index (χ3n) is 2.72. The first-order valence-electron chi connectivity index (χ1n) is 6.49. The lowest BCUT2D eigenvalue weighted by molar-refractivity contribution is 0.0575. The molecule has 0 aliphatic heterocycles. The van der Waals surface area contributed by atoms with Gasteiger partial charge in [-0.2, -0.15) is 0 Å². The average Bonchev–Trinajstić information content (AvgIpc) is 2.30. The van der Waals surface area contributed by atoms with Gasteiger partial charge in [0.15, 0.2) is 0 Å². The molecule has 0 aromatic carbocycles. The van der Waals surface area contributed by atoms with Crippen LogP contribution in [0, 0.1) is 0 Å². The molecule has 5 nitrogen and oxygen atoms in total. The highest BCUT2D eigenvalue weighted by Gasteiger charge is 2.50. The Morgan fingerprint density at radius 3 is 1.59 bits per heavy atom. The van der Waals surface area contributed by atoms with Crippen molar-refractivity contribution in [2.24, 2.45) is 11.5 Å².